The summed E-state index contributed by atoms with van der Waals surface area (Å²) in [7, 11) is 1.79. The van der Waals surface area contributed by atoms with Crippen molar-refractivity contribution in [1.29, 1.82) is 0 Å². The van der Waals surface area contributed by atoms with Crippen LogP contribution in [0.15, 0.2) is 29.8 Å². The molecule has 0 saturated carbocycles. The Kier molecular flexibility index (Phi) is 4.53. The van der Waals surface area contributed by atoms with Gasteiger partial charge in [0.2, 0.25) is 5.13 Å². The maximum Gasteiger partial charge on any atom is 0.323 e. The molecular weight excluding hydrogens is 298 g/mol. The molecule has 1 saturated heterocycles. The van der Waals surface area contributed by atoms with Gasteiger partial charge >= 0.3 is 6.03 Å². The van der Waals surface area contributed by atoms with E-state index >= 15 is 0 Å². The molecule has 3 rings (SSSR count). The molecule has 1 aliphatic rings. The van der Waals surface area contributed by atoms with Crippen LogP contribution in [0.25, 0.3) is 0 Å². The number of anilines is 2. The molecule has 1 aliphatic heterocycles. The lowest BCUT2D eigenvalue weighted by Crippen LogP contribution is -2.31. The molecule has 0 radical (unpaired) electrons. The largest absolute Gasteiger partial charge is 0.371 e. The van der Waals surface area contributed by atoms with Crippen LogP contribution in [-0.2, 0) is 6.54 Å². The van der Waals surface area contributed by atoms with Crippen LogP contribution in [0.4, 0.5) is 15.6 Å². The Hall–Kier alpha value is -2.15. The van der Waals surface area contributed by atoms with E-state index in [1.165, 1.54) is 35.4 Å². The fourth-order valence-electron chi connectivity index (χ4n) is 2.65. The zero-order valence-electron chi connectivity index (χ0n) is 12.5. The second kappa shape index (κ2) is 6.74. The predicted octanol–water partition coefficient (Wildman–Crippen LogP) is 2.80. The van der Waals surface area contributed by atoms with Crippen molar-refractivity contribution in [3.05, 3.63) is 35.3 Å². The van der Waals surface area contributed by atoms with Gasteiger partial charge in [-0.2, -0.15) is 0 Å². The van der Waals surface area contributed by atoms with E-state index in [0.717, 1.165) is 13.1 Å². The van der Waals surface area contributed by atoms with Gasteiger partial charge in [-0.15, -0.1) is 10.2 Å². The van der Waals surface area contributed by atoms with Crippen molar-refractivity contribution in [2.24, 2.45) is 0 Å². The van der Waals surface area contributed by atoms with E-state index in [9.17, 15) is 4.79 Å². The molecule has 2 aromatic rings. The van der Waals surface area contributed by atoms with Crippen LogP contribution in [0.1, 0.15) is 18.4 Å². The van der Waals surface area contributed by atoms with Crippen molar-refractivity contribution in [3.8, 4) is 0 Å². The van der Waals surface area contributed by atoms with Crippen molar-refractivity contribution in [2.75, 3.05) is 30.4 Å². The van der Waals surface area contributed by atoms with Gasteiger partial charge < -0.3 is 9.80 Å². The summed E-state index contributed by atoms with van der Waals surface area (Å²) in [6, 6.07) is 8.12. The summed E-state index contributed by atoms with van der Waals surface area (Å²) in [5.41, 5.74) is 3.99. The number of nitrogens with one attached hydrogen (secondary N) is 1. The number of carbonyl (C=O) groups is 1. The molecular formula is C15H19N5OS. The molecule has 1 aromatic carbocycles. The Bertz CT molecular complexity index is 625. The molecule has 0 atom stereocenters. The third-order valence-corrected chi connectivity index (χ3v) is 4.37. The Labute approximate surface area is 133 Å². The average molecular weight is 317 g/mol. The molecule has 1 N–H and O–H groups in total. The number of amides is 2. The van der Waals surface area contributed by atoms with E-state index in [1.54, 1.807) is 17.5 Å². The summed E-state index contributed by atoms with van der Waals surface area (Å²) in [6.07, 6.45) is 2.48. The van der Waals surface area contributed by atoms with Crippen molar-refractivity contribution in [3.63, 3.8) is 0 Å². The smallest absolute Gasteiger partial charge is 0.323 e. The van der Waals surface area contributed by atoms with Gasteiger partial charge in [-0.1, -0.05) is 29.5 Å². The maximum absolute atomic E-state index is 12.2. The quantitative estimate of drug-likeness (QED) is 0.942. The van der Waals surface area contributed by atoms with Crippen molar-refractivity contribution in [1.82, 2.24) is 15.1 Å². The van der Waals surface area contributed by atoms with E-state index < -0.39 is 0 Å². The minimum atomic E-state index is -0.173. The second-order valence-corrected chi connectivity index (χ2v) is 6.19. The average Bonchev–Trinajstić information content (AvgIpc) is 3.21. The Morgan fingerprint density at radius 3 is 2.86 bits per heavy atom. The highest BCUT2D eigenvalue weighted by atomic mass is 32.1. The van der Waals surface area contributed by atoms with E-state index in [1.807, 2.05) is 6.07 Å². The first-order chi connectivity index (χ1) is 10.7. The van der Waals surface area contributed by atoms with Gasteiger partial charge in [-0.05, 0) is 24.5 Å². The monoisotopic (exact) mass is 317 g/mol. The van der Waals surface area contributed by atoms with E-state index in [0.29, 0.717) is 11.7 Å². The van der Waals surface area contributed by atoms with Crippen molar-refractivity contribution < 1.29 is 4.79 Å². The number of hydrogen-bond acceptors (Lipinski definition) is 5. The van der Waals surface area contributed by atoms with Gasteiger partial charge in [-0.25, -0.2) is 4.79 Å². The zero-order valence-corrected chi connectivity index (χ0v) is 13.3. The summed E-state index contributed by atoms with van der Waals surface area (Å²) in [6.45, 7) is 2.76. The Morgan fingerprint density at radius 1 is 1.36 bits per heavy atom. The summed E-state index contributed by atoms with van der Waals surface area (Å²) >= 11 is 1.31. The summed E-state index contributed by atoms with van der Waals surface area (Å²) in [5, 5.41) is 10.8. The summed E-state index contributed by atoms with van der Waals surface area (Å²) < 4.78 is 0. The number of benzene rings is 1. The van der Waals surface area contributed by atoms with Crippen LogP contribution in [-0.4, -0.2) is 41.3 Å². The lowest BCUT2D eigenvalue weighted by molar-refractivity contribution is 0.220. The van der Waals surface area contributed by atoms with Gasteiger partial charge in [0.05, 0.1) is 0 Å². The van der Waals surface area contributed by atoms with Crippen LogP contribution in [0.3, 0.4) is 0 Å². The molecule has 116 valence electrons. The first-order valence-corrected chi connectivity index (χ1v) is 8.23. The van der Waals surface area contributed by atoms with Gasteiger partial charge in [-0.3, -0.25) is 5.32 Å². The summed E-state index contributed by atoms with van der Waals surface area (Å²) in [4.78, 5) is 16.2. The van der Waals surface area contributed by atoms with E-state index in [-0.39, 0.29) is 6.03 Å². The lowest BCUT2D eigenvalue weighted by Gasteiger charge is -2.24. The molecule has 0 unspecified atom stereocenters. The molecule has 1 aromatic heterocycles. The molecule has 2 amide bonds. The zero-order chi connectivity index (χ0) is 15.4. The number of hydrogen-bond donors (Lipinski definition) is 1. The number of urea groups is 1. The highest BCUT2D eigenvalue weighted by Gasteiger charge is 2.18. The van der Waals surface area contributed by atoms with Crippen LogP contribution < -0.4 is 10.2 Å². The van der Waals surface area contributed by atoms with Crippen molar-refractivity contribution >= 4 is 28.2 Å². The van der Waals surface area contributed by atoms with Crippen molar-refractivity contribution in [2.45, 2.75) is 19.4 Å². The Morgan fingerprint density at radius 2 is 2.14 bits per heavy atom. The SMILES string of the molecule is CN(Cc1ccccc1N1CCCC1)C(=O)Nc1nncs1. The number of aromatic nitrogens is 2. The molecule has 0 bridgehead atoms. The lowest BCUT2D eigenvalue weighted by atomic mass is 10.1. The Balaban J connectivity index is 1.68. The van der Waals surface area contributed by atoms with Crippen LogP contribution >= 0.6 is 11.3 Å². The van der Waals surface area contributed by atoms with Crippen LogP contribution in [0.2, 0.25) is 0 Å². The maximum atomic E-state index is 12.2. The standard InChI is InChI=1S/C15H19N5OS/c1-19(15(21)17-14-18-16-11-22-14)10-12-6-2-3-7-13(12)20-8-4-5-9-20/h2-3,6-7,11H,4-5,8-10H2,1H3,(H,17,18,21). The molecule has 7 heteroatoms. The molecule has 0 spiro atoms. The minimum absolute atomic E-state index is 0.173. The third-order valence-electron chi connectivity index (χ3n) is 3.77. The fraction of sp³-hybridized carbons (Fsp3) is 0.400. The summed E-state index contributed by atoms with van der Waals surface area (Å²) in [5.74, 6) is 0. The van der Waals surface area contributed by atoms with Crippen LogP contribution in [0, 0.1) is 0 Å². The molecule has 2 heterocycles. The number of nitrogens with zero attached hydrogens (tertiary/aromatic N) is 4. The number of rotatable bonds is 4. The van der Waals surface area contributed by atoms with Gasteiger partial charge in [0, 0.05) is 32.4 Å². The van der Waals surface area contributed by atoms with E-state index in [4.69, 9.17) is 0 Å². The minimum Gasteiger partial charge on any atom is -0.371 e. The highest BCUT2D eigenvalue weighted by Crippen LogP contribution is 2.25. The molecule has 0 aliphatic carbocycles. The highest BCUT2D eigenvalue weighted by molar-refractivity contribution is 7.13. The first-order valence-electron chi connectivity index (χ1n) is 7.35. The van der Waals surface area contributed by atoms with Crippen LogP contribution in [0.5, 0.6) is 0 Å². The predicted molar refractivity (Wildman–Crippen MR) is 88.3 cm³/mol. The van der Waals surface area contributed by atoms with E-state index in [2.05, 4.69) is 38.6 Å². The fourth-order valence-corrected chi connectivity index (χ4v) is 3.09. The first kappa shape index (κ1) is 14.8. The second-order valence-electron chi connectivity index (χ2n) is 5.35. The number of carbonyl (C=O) groups excluding carboxylic acids is 1. The van der Waals surface area contributed by atoms with Gasteiger partial charge in [0.1, 0.15) is 5.51 Å². The van der Waals surface area contributed by atoms with Gasteiger partial charge in [0.15, 0.2) is 0 Å². The molecule has 6 nitrogen and oxygen atoms in total. The normalized spacial score (nSPS) is 14.1. The van der Waals surface area contributed by atoms with Gasteiger partial charge in [0.25, 0.3) is 0 Å². The topological polar surface area (TPSA) is 61.4 Å². The molecule has 22 heavy (non-hydrogen) atoms. The third kappa shape index (κ3) is 3.36. The number of para-hydroxylation sites is 1. The molecule has 1 fully saturated rings.